The van der Waals surface area contributed by atoms with Crippen LogP contribution < -0.4 is 14.4 Å². The Labute approximate surface area is 165 Å². The highest BCUT2D eigenvalue weighted by Gasteiger charge is 2.29. The second-order valence-corrected chi connectivity index (χ2v) is 8.53. The molecule has 2 aromatic rings. The number of amides is 1. The van der Waals surface area contributed by atoms with E-state index in [-0.39, 0.29) is 19.0 Å². The van der Waals surface area contributed by atoms with Crippen LogP contribution in [0.3, 0.4) is 0 Å². The summed E-state index contributed by atoms with van der Waals surface area (Å²) in [6.45, 7) is 5.63. The molecule has 0 aliphatic carbocycles. The van der Waals surface area contributed by atoms with Crippen LogP contribution in [0.15, 0.2) is 42.5 Å². The van der Waals surface area contributed by atoms with Crippen molar-refractivity contribution >= 4 is 21.6 Å². The van der Waals surface area contributed by atoms with Gasteiger partial charge in [0.2, 0.25) is 15.9 Å². The van der Waals surface area contributed by atoms with Crippen LogP contribution in [-0.4, -0.2) is 39.8 Å². The number of anilines is 1. The Morgan fingerprint density at radius 2 is 1.71 bits per heavy atom. The third kappa shape index (κ3) is 5.95. The summed E-state index contributed by atoms with van der Waals surface area (Å²) in [7, 11) is -3.67. The molecule has 0 saturated heterocycles. The van der Waals surface area contributed by atoms with Crippen LogP contribution in [0.5, 0.6) is 5.75 Å². The van der Waals surface area contributed by atoms with Crippen molar-refractivity contribution in [2.45, 2.75) is 26.8 Å². The molecule has 2 aromatic carbocycles. The lowest BCUT2D eigenvalue weighted by Gasteiger charge is -2.28. The Hall–Kier alpha value is -2.61. The van der Waals surface area contributed by atoms with Crippen molar-refractivity contribution in [3.8, 4) is 5.75 Å². The lowest BCUT2D eigenvalue weighted by atomic mass is 10.1. The molecule has 0 spiro atoms. The van der Waals surface area contributed by atoms with E-state index in [1.807, 2.05) is 19.9 Å². The van der Waals surface area contributed by atoms with E-state index in [1.54, 1.807) is 12.1 Å². The SMILES string of the molecule is Cc1cc(C)cc(N([C@@H](C)C(=O)NCCOc2ccc(F)cc2)S(C)(=O)=O)c1. The maximum atomic E-state index is 12.9. The predicted molar refractivity (Wildman–Crippen MR) is 108 cm³/mol. The van der Waals surface area contributed by atoms with E-state index < -0.39 is 22.0 Å². The number of carbonyl (C=O) groups is 1. The van der Waals surface area contributed by atoms with E-state index in [0.717, 1.165) is 21.7 Å². The van der Waals surface area contributed by atoms with Crippen LogP contribution in [0, 0.1) is 19.7 Å². The number of aryl methyl sites for hydroxylation is 2. The van der Waals surface area contributed by atoms with Crippen LogP contribution in [0.2, 0.25) is 0 Å². The fraction of sp³-hybridized carbons (Fsp3) is 0.350. The number of hydrogen-bond donors (Lipinski definition) is 1. The molecule has 0 unspecified atom stereocenters. The van der Waals surface area contributed by atoms with Gasteiger partial charge in [-0.3, -0.25) is 9.10 Å². The molecule has 0 aromatic heterocycles. The van der Waals surface area contributed by atoms with Gasteiger partial charge in [-0.1, -0.05) is 6.07 Å². The summed E-state index contributed by atoms with van der Waals surface area (Å²) in [5, 5.41) is 2.67. The lowest BCUT2D eigenvalue weighted by Crippen LogP contribution is -2.48. The van der Waals surface area contributed by atoms with Gasteiger partial charge in [0.1, 0.15) is 24.2 Å². The molecule has 0 bridgehead atoms. The second-order valence-electron chi connectivity index (χ2n) is 6.67. The molecule has 0 heterocycles. The molecule has 1 amide bonds. The van der Waals surface area contributed by atoms with Gasteiger partial charge >= 0.3 is 0 Å². The molecule has 1 atom stereocenters. The quantitative estimate of drug-likeness (QED) is 0.682. The Morgan fingerprint density at radius 1 is 1.14 bits per heavy atom. The molecule has 152 valence electrons. The van der Waals surface area contributed by atoms with Crippen molar-refractivity contribution in [2.24, 2.45) is 0 Å². The minimum absolute atomic E-state index is 0.173. The zero-order valence-electron chi connectivity index (χ0n) is 16.4. The van der Waals surface area contributed by atoms with Crippen molar-refractivity contribution in [3.63, 3.8) is 0 Å². The maximum absolute atomic E-state index is 12.9. The topological polar surface area (TPSA) is 75.7 Å². The van der Waals surface area contributed by atoms with Gasteiger partial charge in [0, 0.05) is 0 Å². The highest BCUT2D eigenvalue weighted by Crippen LogP contribution is 2.23. The number of nitrogens with one attached hydrogen (secondary N) is 1. The number of rotatable bonds is 8. The largest absolute Gasteiger partial charge is 0.492 e. The molecule has 0 radical (unpaired) electrons. The van der Waals surface area contributed by atoms with E-state index in [4.69, 9.17) is 4.74 Å². The van der Waals surface area contributed by atoms with Crippen LogP contribution >= 0.6 is 0 Å². The third-order valence-electron chi connectivity index (χ3n) is 4.03. The Bertz CT molecular complexity index is 909. The summed E-state index contributed by atoms with van der Waals surface area (Å²) < 4.78 is 44.1. The van der Waals surface area contributed by atoms with Crippen LogP contribution in [0.25, 0.3) is 0 Å². The zero-order valence-corrected chi connectivity index (χ0v) is 17.2. The van der Waals surface area contributed by atoms with E-state index in [2.05, 4.69) is 5.32 Å². The summed E-state index contributed by atoms with van der Waals surface area (Å²) in [5.74, 6) is -0.314. The van der Waals surface area contributed by atoms with Crippen LogP contribution in [0.4, 0.5) is 10.1 Å². The smallest absolute Gasteiger partial charge is 0.243 e. The highest BCUT2D eigenvalue weighted by atomic mass is 32.2. The number of ether oxygens (including phenoxy) is 1. The minimum atomic E-state index is -3.67. The summed E-state index contributed by atoms with van der Waals surface area (Å²) in [6.07, 6.45) is 1.08. The van der Waals surface area contributed by atoms with Crippen molar-refractivity contribution in [3.05, 3.63) is 59.4 Å². The van der Waals surface area contributed by atoms with Gasteiger partial charge in [0.05, 0.1) is 18.5 Å². The van der Waals surface area contributed by atoms with Gasteiger partial charge < -0.3 is 10.1 Å². The molecular formula is C20H25FN2O4S. The van der Waals surface area contributed by atoms with E-state index in [1.165, 1.54) is 31.2 Å². The first-order valence-electron chi connectivity index (χ1n) is 8.81. The summed E-state index contributed by atoms with van der Waals surface area (Å²) >= 11 is 0. The third-order valence-corrected chi connectivity index (χ3v) is 5.27. The number of halogens is 1. The first-order valence-corrected chi connectivity index (χ1v) is 10.7. The van der Waals surface area contributed by atoms with Crippen molar-refractivity contribution < 1.29 is 22.3 Å². The van der Waals surface area contributed by atoms with Gasteiger partial charge in [-0.2, -0.15) is 0 Å². The van der Waals surface area contributed by atoms with Gasteiger partial charge in [0.15, 0.2) is 0 Å². The Kier molecular flexibility index (Phi) is 7.01. The fourth-order valence-electron chi connectivity index (χ4n) is 2.91. The van der Waals surface area contributed by atoms with Gasteiger partial charge in [-0.25, -0.2) is 12.8 Å². The molecule has 28 heavy (non-hydrogen) atoms. The average molecular weight is 408 g/mol. The normalized spacial score (nSPS) is 12.3. The zero-order chi connectivity index (χ0) is 20.9. The monoisotopic (exact) mass is 408 g/mol. The first-order chi connectivity index (χ1) is 13.1. The fourth-order valence-corrected chi connectivity index (χ4v) is 4.07. The number of carbonyl (C=O) groups excluding carboxylic acids is 1. The maximum Gasteiger partial charge on any atom is 0.243 e. The number of sulfonamides is 1. The van der Waals surface area contributed by atoms with E-state index >= 15 is 0 Å². The molecule has 1 N–H and O–H groups in total. The van der Waals surface area contributed by atoms with Gasteiger partial charge in [-0.15, -0.1) is 0 Å². The Balaban J connectivity index is 2.02. The number of hydrogen-bond acceptors (Lipinski definition) is 4. The molecule has 6 nitrogen and oxygen atoms in total. The van der Waals surface area contributed by atoms with E-state index in [0.29, 0.717) is 11.4 Å². The van der Waals surface area contributed by atoms with E-state index in [9.17, 15) is 17.6 Å². The molecule has 0 fully saturated rings. The average Bonchev–Trinajstić information content (AvgIpc) is 2.58. The predicted octanol–water partition coefficient (Wildman–Crippen LogP) is 2.79. The molecule has 2 rings (SSSR count). The second kappa shape index (κ2) is 9.05. The standard InChI is InChI=1S/C20H25FN2O4S/c1-14-11-15(2)13-18(12-14)23(28(4,25)26)16(3)20(24)22-9-10-27-19-7-5-17(21)6-8-19/h5-8,11-13,16H,9-10H2,1-4H3,(H,22,24)/t16-/m0/s1. The molecular weight excluding hydrogens is 383 g/mol. The van der Waals surface area contributed by atoms with Crippen molar-refractivity contribution in [1.82, 2.24) is 5.32 Å². The number of benzene rings is 2. The summed E-state index contributed by atoms with van der Waals surface area (Å²) in [4.78, 5) is 12.5. The van der Waals surface area contributed by atoms with Crippen LogP contribution in [-0.2, 0) is 14.8 Å². The molecule has 0 saturated carbocycles. The molecule has 0 aliphatic rings. The minimum Gasteiger partial charge on any atom is -0.492 e. The van der Waals surface area contributed by atoms with Crippen molar-refractivity contribution in [1.29, 1.82) is 0 Å². The first kappa shape index (κ1) is 21.7. The molecule has 0 aliphatic heterocycles. The summed E-state index contributed by atoms with van der Waals surface area (Å²) in [5.41, 5.74) is 2.26. The van der Waals surface area contributed by atoms with Gasteiger partial charge in [0.25, 0.3) is 0 Å². The summed E-state index contributed by atoms with van der Waals surface area (Å²) in [6, 6.07) is 10.0. The van der Waals surface area contributed by atoms with Crippen LogP contribution in [0.1, 0.15) is 18.1 Å². The van der Waals surface area contributed by atoms with Gasteiger partial charge in [-0.05, 0) is 68.3 Å². The lowest BCUT2D eigenvalue weighted by molar-refractivity contribution is -0.121. The number of nitrogens with zero attached hydrogens (tertiary/aromatic N) is 1. The van der Waals surface area contributed by atoms with Crippen molar-refractivity contribution in [2.75, 3.05) is 23.7 Å². The molecule has 8 heteroatoms. The Morgan fingerprint density at radius 3 is 2.25 bits per heavy atom. The highest BCUT2D eigenvalue weighted by molar-refractivity contribution is 7.92.